The normalized spacial score (nSPS) is 18.0. The van der Waals surface area contributed by atoms with Gasteiger partial charge in [0.05, 0.1) is 13.2 Å². The molecule has 1 amide bonds. The van der Waals surface area contributed by atoms with Gasteiger partial charge in [-0.2, -0.15) is 0 Å². The second-order valence-electron chi connectivity index (χ2n) is 11.6. The van der Waals surface area contributed by atoms with E-state index in [1.165, 1.54) is 0 Å². The number of azide groups is 1. The fourth-order valence-corrected chi connectivity index (χ4v) is 4.90. The summed E-state index contributed by atoms with van der Waals surface area (Å²) >= 11 is 0. The molecule has 1 aliphatic heterocycles. The summed E-state index contributed by atoms with van der Waals surface area (Å²) in [6.45, 7) is 7.56. The molecule has 0 fully saturated rings. The largest absolute Gasteiger partial charge is 0.494 e. The molecule has 2 N–H and O–H groups in total. The van der Waals surface area contributed by atoms with Crippen molar-refractivity contribution < 1.29 is 19.4 Å². The lowest BCUT2D eigenvalue weighted by Gasteiger charge is -2.32. The molecule has 0 aromatic heterocycles. The highest BCUT2D eigenvalue weighted by Gasteiger charge is 2.53. The van der Waals surface area contributed by atoms with Crippen molar-refractivity contribution >= 4 is 11.8 Å². The van der Waals surface area contributed by atoms with Gasteiger partial charge in [-0.3, -0.25) is 4.79 Å². The molecule has 0 saturated carbocycles. The topological polar surface area (TPSA) is 129 Å². The number of hydrogen-bond donors (Lipinski definition) is 2. The Bertz CT molecular complexity index is 1410. The minimum atomic E-state index is -1.32. The van der Waals surface area contributed by atoms with Crippen LogP contribution in [0.1, 0.15) is 62.0 Å². The van der Waals surface area contributed by atoms with Crippen molar-refractivity contribution in [2.75, 3.05) is 19.8 Å². The molecule has 3 aromatic rings. The molecule has 2 atom stereocenters. The number of carbonyl (C=O) groups is 1. The molecule has 0 bridgehead atoms. The molecule has 1 aliphatic rings. The fourth-order valence-electron chi connectivity index (χ4n) is 4.90. The first-order valence-corrected chi connectivity index (χ1v) is 14.3. The van der Waals surface area contributed by atoms with Gasteiger partial charge < -0.3 is 19.9 Å². The van der Waals surface area contributed by atoms with Crippen molar-refractivity contribution in [2.45, 2.75) is 58.2 Å². The maximum atomic E-state index is 14.3. The molecular weight excluding hydrogens is 530 g/mol. The summed E-state index contributed by atoms with van der Waals surface area (Å²) in [6, 6.07) is 24.7. The average Bonchev–Trinajstić information content (AvgIpc) is 3.37. The number of aliphatic hydroxyl groups excluding tert-OH is 1. The van der Waals surface area contributed by atoms with Crippen LogP contribution < -0.4 is 10.1 Å². The second kappa shape index (κ2) is 14.0. The molecule has 9 heteroatoms. The first kappa shape index (κ1) is 30.6. The number of nitrogens with zero attached hydrogens (tertiary/aromatic N) is 4. The van der Waals surface area contributed by atoms with E-state index in [1.54, 1.807) is 0 Å². The SMILES string of the molecule is CC(C)(C)CCNC(=O)[C@]1(Cc2ccccc2CN=[N+]=[N-])N=C(c2ccc(OCCCO)cc2)O[C@@H]1c1ccccc1. The molecule has 220 valence electrons. The molecule has 0 spiro atoms. The van der Waals surface area contributed by atoms with Crippen LogP contribution >= 0.6 is 0 Å². The third-order valence-corrected chi connectivity index (χ3v) is 7.18. The maximum Gasteiger partial charge on any atom is 0.252 e. The summed E-state index contributed by atoms with van der Waals surface area (Å²) < 4.78 is 12.3. The van der Waals surface area contributed by atoms with E-state index in [-0.39, 0.29) is 30.9 Å². The van der Waals surface area contributed by atoms with Gasteiger partial charge in [0, 0.05) is 36.5 Å². The van der Waals surface area contributed by atoms with Gasteiger partial charge in [0.1, 0.15) is 5.75 Å². The molecule has 0 unspecified atom stereocenters. The molecule has 42 heavy (non-hydrogen) atoms. The van der Waals surface area contributed by atoms with Gasteiger partial charge in [-0.05, 0) is 58.3 Å². The highest BCUT2D eigenvalue weighted by Crippen LogP contribution is 2.43. The molecule has 3 aromatic carbocycles. The number of amides is 1. The number of aliphatic hydroxyl groups is 1. The van der Waals surface area contributed by atoms with Crippen LogP contribution in [0.3, 0.4) is 0 Å². The van der Waals surface area contributed by atoms with Gasteiger partial charge in [-0.1, -0.05) is 80.5 Å². The van der Waals surface area contributed by atoms with Crippen LogP contribution in [0, 0.1) is 5.41 Å². The standard InChI is InChI=1S/C33H39N5O4/c1-32(2,3)18-19-35-31(40)33(22-26-12-7-8-13-27(26)23-36-38-34)29(24-10-5-4-6-11-24)42-30(37-33)25-14-16-28(17-15-25)41-21-9-20-39/h4-8,10-17,29,39H,9,18-23H2,1-3H3,(H,35,40)/t29-,33-/m1/s1. The van der Waals surface area contributed by atoms with Crippen molar-refractivity contribution in [3.63, 3.8) is 0 Å². The highest BCUT2D eigenvalue weighted by molar-refractivity contribution is 6.01. The lowest BCUT2D eigenvalue weighted by atomic mass is 9.80. The summed E-state index contributed by atoms with van der Waals surface area (Å²) in [5.41, 5.74) is 10.9. The maximum absolute atomic E-state index is 14.3. The van der Waals surface area contributed by atoms with Gasteiger partial charge in [0.2, 0.25) is 5.90 Å². The zero-order chi connectivity index (χ0) is 30.0. The van der Waals surface area contributed by atoms with Crippen LogP contribution in [0.4, 0.5) is 0 Å². The lowest BCUT2D eigenvalue weighted by molar-refractivity contribution is -0.129. The van der Waals surface area contributed by atoms with Crippen molar-refractivity contribution in [1.29, 1.82) is 0 Å². The quantitative estimate of drug-likeness (QED) is 0.108. The van der Waals surface area contributed by atoms with E-state index in [4.69, 9.17) is 25.1 Å². The zero-order valence-electron chi connectivity index (χ0n) is 24.5. The van der Waals surface area contributed by atoms with Crippen molar-refractivity contribution in [3.05, 3.63) is 112 Å². The van der Waals surface area contributed by atoms with Crippen molar-refractivity contribution in [3.8, 4) is 5.75 Å². The van der Waals surface area contributed by atoms with Crippen LogP contribution in [-0.2, 0) is 22.5 Å². The zero-order valence-corrected chi connectivity index (χ0v) is 24.5. The molecule has 0 radical (unpaired) electrons. The smallest absolute Gasteiger partial charge is 0.252 e. The molecule has 1 heterocycles. The summed E-state index contributed by atoms with van der Waals surface area (Å²) in [5.74, 6) is 0.811. The minimum absolute atomic E-state index is 0.0444. The lowest BCUT2D eigenvalue weighted by Crippen LogP contribution is -2.50. The van der Waals surface area contributed by atoms with E-state index < -0.39 is 11.6 Å². The molecule has 9 nitrogen and oxygen atoms in total. The Morgan fingerprint density at radius 3 is 2.43 bits per heavy atom. The van der Waals surface area contributed by atoms with Crippen molar-refractivity contribution in [1.82, 2.24) is 5.32 Å². The van der Waals surface area contributed by atoms with Gasteiger partial charge in [0.25, 0.3) is 5.91 Å². The van der Waals surface area contributed by atoms with Crippen LogP contribution in [0.5, 0.6) is 5.75 Å². The Morgan fingerprint density at radius 1 is 1.07 bits per heavy atom. The Balaban J connectivity index is 1.78. The number of hydrogen-bond acceptors (Lipinski definition) is 6. The third kappa shape index (κ3) is 7.69. The van der Waals surface area contributed by atoms with E-state index in [2.05, 4.69) is 36.1 Å². The van der Waals surface area contributed by atoms with Crippen LogP contribution in [0.15, 0.2) is 89.0 Å². The van der Waals surface area contributed by atoms with Gasteiger partial charge in [-0.25, -0.2) is 4.99 Å². The molecule has 0 aliphatic carbocycles. The number of rotatable bonds is 13. The van der Waals surface area contributed by atoms with E-state index in [0.717, 1.165) is 28.7 Å². The summed E-state index contributed by atoms with van der Waals surface area (Å²) in [7, 11) is 0. The van der Waals surface area contributed by atoms with E-state index in [9.17, 15) is 4.79 Å². The Hall–Kier alpha value is -4.33. The number of nitrogens with one attached hydrogen (secondary N) is 1. The van der Waals surface area contributed by atoms with Crippen LogP contribution in [-0.4, -0.2) is 42.2 Å². The van der Waals surface area contributed by atoms with E-state index in [0.29, 0.717) is 31.2 Å². The predicted octanol–water partition coefficient (Wildman–Crippen LogP) is 6.31. The molecule has 4 rings (SSSR count). The summed E-state index contributed by atoms with van der Waals surface area (Å²) in [6.07, 6.45) is 0.894. The van der Waals surface area contributed by atoms with E-state index >= 15 is 0 Å². The predicted molar refractivity (Wildman–Crippen MR) is 163 cm³/mol. The van der Waals surface area contributed by atoms with Gasteiger partial charge in [0.15, 0.2) is 11.6 Å². The van der Waals surface area contributed by atoms with Gasteiger partial charge >= 0.3 is 0 Å². The monoisotopic (exact) mass is 569 g/mol. The second-order valence-corrected chi connectivity index (χ2v) is 11.6. The van der Waals surface area contributed by atoms with Crippen molar-refractivity contribution in [2.24, 2.45) is 15.5 Å². The minimum Gasteiger partial charge on any atom is -0.494 e. The number of aliphatic imine (C=N–C) groups is 1. The summed E-state index contributed by atoms with van der Waals surface area (Å²) in [5, 5.41) is 16.0. The van der Waals surface area contributed by atoms with Crippen LogP contribution in [0.2, 0.25) is 0 Å². The number of benzene rings is 3. The Kier molecular flexibility index (Phi) is 10.2. The van der Waals surface area contributed by atoms with E-state index in [1.807, 2.05) is 78.9 Å². The van der Waals surface area contributed by atoms with Crippen LogP contribution in [0.25, 0.3) is 10.4 Å². The fraction of sp³-hybridized carbons (Fsp3) is 0.394. The Morgan fingerprint density at radius 2 is 1.76 bits per heavy atom. The van der Waals surface area contributed by atoms with Gasteiger partial charge in [-0.15, -0.1) is 0 Å². The highest BCUT2D eigenvalue weighted by atomic mass is 16.5. The summed E-state index contributed by atoms with van der Waals surface area (Å²) in [4.78, 5) is 22.3. The molecule has 0 saturated heterocycles. The number of carbonyl (C=O) groups excluding carboxylic acids is 1. The first-order valence-electron chi connectivity index (χ1n) is 14.3. The third-order valence-electron chi connectivity index (χ3n) is 7.18. The first-order chi connectivity index (χ1) is 20.3. The Labute approximate surface area is 247 Å². The number of ether oxygens (including phenoxy) is 2. The molecular formula is C33H39N5O4. The average molecular weight is 570 g/mol.